The number of rotatable bonds is 6. The van der Waals surface area contributed by atoms with Crippen LogP contribution in [0.25, 0.3) is 11.0 Å². The maximum atomic E-state index is 11.2. The molecule has 0 radical (unpaired) electrons. The summed E-state index contributed by atoms with van der Waals surface area (Å²) in [5, 5.41) is 17.1. The smallest absolute Gasteiger partial charge is 0.339 e. The van der Waals surface area contributed by atoms with Crippen molar-refractivity contribution < 1.29 is 14.6 Å². The number of carboxylic acid groups (broad SMARTS) is 1. The molecule has 2 aromatic rings. The summed E-state index contributed by atoms with van der Waals surface area (Å²) < 4.78 is 6.58. The minimum Gasteiger partial charge on any atom is -0.478 e. The van der Waals surface area contributed by atoms with Gasteiger partial charge in [0.1, 0.15) is 5.56 Å². The SMILES string of the molecule is COCCCNc1c(C(=O)O)cnc2c1cnn2C. The Morgan fingerprint density at radius 2 is 2.32 bits per heavy atom. The third kappa shape index (κ3) is 2.65. The normalized spacial score (nSPS) is 10.8. The molecular weight excluding hydrogens is 248 g/mol. The highest BCUT2D eigenvalue weighted by molar-refractivity contribution is 6.03. The van der Waals surface area contributed by atoms with Gasteiger partial charge in [-0.05, 0) is 6.42 Å². The van der Waals surface area contributed by atoms with Crippen LogP contribution in [0.5, 0.6) is 0 Å². The van der Waals surface area contributed by atoms with Gasteiger partial charge in [0.25, 0.3) is 0 Å². The molecule has 0 fully saturated rings. The number of fused-ring (bicyclic) bond motifs is 1. The number of anilines is 1. The first-order chi connectivity index (χ1) is 9.15. The summed E-state index contributed by atoms with van der Waals surface area (Å²) in [6.07, 6.45) is 3.76. The number of ether oxygens (including phenoxy) is 1. The van der Waals surface area contributed by atoms with Crippen LogP contribution in [0.1, 0.15) is 16.8 Å². The van der Waals surface area contributed by atoms with Crippen LogP contribution < -0.4 is 5.32 Å². The quantitative estimate of drug-likeness (QED) is 0.760. The van der Waals surface area contributed by atoms with Gasteiger partial charge in [-0.15, -0.1) is 0 Å². The molecule has 19 heavy (non-hydrogen) atoms. The van der Waals surface area contributed by atoms with Crippen molar-refractivity contribution in [2.24, 2.45) is 7.05 Å². The fourth-order valence-corrected chi connectivity index (χ4v) is 1.88. The zero-order valence-corrected chi connectivity index (χ0v) is 10.9. The molecule has 102 valence electrons. The van der Waals surface area contributed by atoms with Gasteiger partial charge in [-0.25, -0.2) is 9.78 Å². The molecule has 0 saturated carbocycles. The lowest BCUT2D eigenvalue weighted by Crippen LogP contribution is -2.10. The molecule has 0 spiro atoms. The Hall–Kier alpha value is -2.15. The lowest BCUT2D eigenvalue weighted by molar-refractivity contribution is 0.0697. The van der Waals surface area contributed by atoms with Crippen molar-refractivity contribution >= 4 is 22.7 Å². The summed E-state index contributed by atoms with van der Waals surface area (Å²) in [4.78, 5) is 15.4. The van der Waals surface area contributed by atoms with E-state index in [0.29, 0.717) is 29.9 Å². The number of aromatic carboxylic acids is 1. The fourth-order valence-electron chi connectivity index (χ4n) is 1.88. The highest BCUT2D eigenvalue weighted by atomic mass is 16.5. The zero-order valence-electron chi connectivity index (χ0n) is 10.9. The third-order valence-corrected chi connectivity index (χ3v) is 2.82. The Balaban J connectivity index is 2.35. The highest BCUT2D eigenvalue weighted by Gasteiger charge is 2.16. The second-order valence-corrected chi connectivity index (χ2v) is 4.13. The van der Waals surface area contributed by atoms with Crippen LogP contribution in [0, 0.1) is 0 Å². The van der Waals surface area contributed by atoms with Crippen molar-refractivity contribution in [3.05, 3.63) is 18.0 Å². The first-order valence-corrected chi connectivity index (χ1v) is 5.92. The minimum atomic E-state index is -1.01. The van der Waals surface area contributed by atoms with Gasteiger partial charge in [0.05, 0.1) is 17.3 Å². The van der Waals surface area contributed by atoms with E-state index in [4.69, 9.17) is 4.74 Å². The third-order valence-electron chi connectivity index (χ3n) is 2.82. The summed E-state index contributed by atoms with van der Waals surface area (Å²) in [7, 11) is 3.40. The number of nitrogens with one attached hydrogen (secondary N) is 1. The van der Waals surface area contributed by atoms with Crippen LogP contribution in [-0.4, -0.2) is 46.1 Å². The second-order valence-electron chi connectivity index (χ2n) is 4.13. The van der Waals surface area contributed by atoms with Gasteiger partial charge >= 0.3 is 5.97 Å². The van der Waals surface area contributed by atoms with Crippen LogP contribution >= 0.6 is 0 Å². The molecule has 2 rings (SSSR count). The Morgan fingerprint density at radius 1 is 1.53 bits per heavy atom. The molecule has 0 bridgehead atoms. The van der Waals surface area contributed by atoms with Crippen molar-refractivity contribution in [2.45, 2.75) is 6.42 Å². The monoisotopic (exact) mass is 264 g/mol. The molecule has 0 unspecified atom stereocenters. The predicted octanol–water partition coefficient (Wildman–Crippen LogP) is 1.11. The van der Waals surface area contributed by atoms with Crippen molar-refractivity contribution in [3.8, 4) is 0 Å². The van der Waals surface area contributed by atoms with Gasteiger partial charge in [-0.2, -0.15) is 5.10 Å². The van der Waals surface area contributed by atoms with Crippen LogP contribution in [-0.2, 0) is 11.8 Å². The maximum Gasteiger partial charge on any atom is 0.339 e. The predicted molar refractivity (Wildman–Crippen MR) is 70.5 cm³/mol. The number of carboxylic acids is 1. The van der Waals surface area contributed by atoms with Crippen LogP contribution in [0.15, 0.2) is 12.4 Å². The molecule has 0 aliphatic carbocycles. The molecule has 0 aliphatic rings. The van der Waals surface area contributed by atoms with E-state index in [2.05, 4.69) is 15.4 Å². The topological polar surface area (TPSA) is 89.3 Å². The summed E-state index contributed by atoms with van der Waals surface area (Å²) in [5.74, 6) is -1.01. The lowest BCUT2D eigenvalue weighted by Gasteiger charge is -2.10. The highest BCUT2D eigenvalue weighted by Crippen LogP contribution is 2.25. The van der Waals surface area contributed by atoms with Gasteiger partial charge in [0.15, 0.2) is 5.65 Å². The number of methoxy groups -OCH3 is 1. The average molecular weight is 264 g/mol. The number of pyridine rings is 1. The van der Waals surface area contributed by atoms with Crippen molar-refractivity contribution in [2.75, 3.05) is 25.6 Å². The number of carbonyl (C=O) groups is 1. The fraction of sp³-hybridized carbons (Fsp3) is 0.417. The Labute approximate surface area is 110 Å². The molecule has 2 aromatic heterocycles. The average Bonchev–Trinajstić information content (AvgIpc) is 2.76. The van der Waals surface area contributed by atoms with Crippen LogP contribution in [0.2, 0.25) is 0 Å². The largest absolute Gasteiger partial charge is 0.478 e. The Bertz CT molecular complexity index is 594. The van der Waals surface area contributed by atoms with Gasteiger partial charge in [0.2, 0.25) is 0 Å². The first-order valence-electron chi connectivity index (χ1n) is 5.92. The summed E-state index contributed by atoms with van der Waals surface area (Å²) in [6.45, 7) is 1.25. The summed E-state index contributed by atoms with van der Waals surface area (Å²) in [5.41, 5.74) is 1.36. The number of aryl methyl sites for hydroxylation is 1. The number of nitrogens with zero attached hydrogens (tertiary/aromatic N) is 3. The molecular formula is C12H16N4O3. The van der Waals surface area contributed by atoms with Gasteiger partial charge in [-0.1, -0.05) is 0 Å². The maximum absolute atomic E-state index is 11.2. The van der Waals surface area contributed by atoms with Gasteiger partial charge < -0.3 is 15.2 Å². The second kappa shape index (κ2) is 5.66. The van der Waals surface area contributed by atoms with E-state index in [9.17, 15) is 9.90 Å². The Morgan fingerprint density at radius 3 is 3.00 bits per heavy atom. The molecule has 2 N–H and O–H groups in total. The van der Waals surface area contributed by atoms with E-state index in [1.54, 1.807) is 25.0 Å². The molecule has 0 saturated heterocycles. The van der Waals surface area contributed by atoms with Crippen LogP contribution in [0.3, 0.4) is 0 Å². The zero-order chi connectivity index (χ0) is 13.8. The number of hydrogen-bond acceptors (Lipinski definition) is 5. The van der Waals surface area contributed by atoms with Gasteiger partial charge in [0, 0.05) is 33.5 Å². The van der Waals surface area contributed by atoms with Crippen molar-refractivity contribution in [1.82, 2.24) is 14.8 Å². The van der Waals surface area contributed by atoms with Crippen molar-refractivity contribution in [1.29, 1.82) is 0 Å². The Kier molecular flexibility index (Phi) is 3.96. The van der Waals surface area contributed by atoms with E-state index < -0.39 is 5.97 Å². The van der Waals surface area contributed by atoms with Crippen LogP contribution in [0.4, 0.5) is 5.69 Å². The molecule has 2 heterocycles. The van der Waals surface area contributed by atoms with E-state index in [1.165, 1.54) is 6.20 Å². The standard InChI is InChI=1S/C12H16N4O3/c1-16-11-8(7-15-16)10(13-4-3-5-19-2)9(6-14-11)12(17)18/h6-7H,3-5H2,1-2H3,(H,13,14)(H,17,18). The minimum absolute atomic E-state index is 0.151. The number of aromatic nitrogens is 3. The lowest BCUT2D eigenvalue weighted by atomic mass is 10.2. The first kappa shape index (κ1) is 13.3. The molecule has 7 nitrogen and oxygen atoms in total. The molecule has 0 aliphatic heterocycles. The molecule has 0 amide bonds. The van der Waals surface area contributed by atoms with E-state index >= 15 is 0 Å². The summed E-state index contributed by atoms with van der Waals surface area (Å²) >= 11 is 0. The molecule has 0 atom stereocenters. The van der Waals surface area contributed by atoms with Crippen molar-refractivity contribution in [3.63, 3.8) is 0 Å². The molecule has 7 heteroatoms. The van der Waals surface area contributed by atoms with E-state index in [-0.39, 0.29) is 5.56 Å². The summed E-state index contributed by atoms with van der Waals surface area (Å²) in [6, 6.07) is 0. The number of hydrogen-bond donors (Lipinski definition) is 2. The van der Waals surface area contributed by atoms with E-state index in [1.807, 2.05) is 0 Å². The van der Waals surface area contributed by atoms with Gasteiger partial charge in [-0.3, -0.25) is 4.68 Å². The molecule has 0 aromatic carbocycles. The van der Waals surface area contributed by atoms with E-state index in [0.717, 1.165) is 6.42 Å².